The Morgan fingerprint density at radius 2 is 1.82 bits per heavy atom. The second kappa shape index (κ2) is 12.9. The molecule has 2 aliphatic heterocycles. The van der Waals surface area contributed by atoms with Crippen LogP contribution in [0.4, 0.5) is 34.6 Å². The predicted molar refractivity (Wildman–Crippen MR) is 172 cm³/mol. The molecule has 0 radical (unpaired) electrons. The number of methoxy groups -OCH3 is 1. The summed E-state index contributed by atoms with van der Waals surface area (Å²) in [5.41, 5.74) is 1.99. The lowest BCUT2D eigenvalue weighted by atomic mass is 10.1. The van der Waals surface area contributed by atoms with Gasteiger partial charge in [-0.3, -0.25) is 14.6 Å². The first-order valence-corrected chi connectivity index (χ1v) is 16.6. The fraction of sp³-hybridized carbons (Fsp3) is 0.379. The van der Waals surface area contributed by atoms with Crippen LogP contribution in [0, 0.1) is 0 Å². The molecule has 44 heavy (non-hydrogen) atoms. The van der Waals surface area contributed by atoms with Crippen LogP contribution in [-0.4, -0.2) is 85.6 Å². The van der Waals surface area contributed by atoms with Crippen molar-refractivity contribution in [2.45, 2.75) is 25.4 Å². The highest BCUT2D eigenvalue weighted by atomic mass is 35.5. The van der Waals surface area contributed by atoms with Gasteiger partial charge in [0.2, 0.25) is 21.9 Å². The van der Waals surface area contributed by atoms with Crippen LogP contribution in [-0.2, 0) is 14.8 Å². The molecular weight excluding hydrogens is 606 g/mol. The van der Waals surface area contributed by atoms with E-state index in [0.29, 0.717) is 33.8 Å². The van der Waals surface area contributed by atoms with Crippen LogP contribution in [0.1, 0.15) is 19.3 Å². The number of hydrogen-bond acceptors (Lipinski definition) is 12. The number of aromatic nitrogens is 4. The van der Waals surface area contributed by atoms with E-state index < -0.39 is 10.0 Å². The van der Waals surface area contributed by atoms with E-state index in [1.807, 2.05) is 12.1 Å². The third kappa shape index (κ3) is 6.73. The quantitative estimate of drug-likeness (QED) is 0.235. The molecule has 0 aliphatic carbocycles. The summed E-state index contributed by atoms with van der Waals surface area (Å²) in [7, 11) is -2.02. The molecule has 0 amide bonds. The molecule has 1 atom stereocenters. The molecule has 2 aliphatic rings. The molecule has 2 fully saturated rings. The molecule has 0 saturated carbocycles. The minimum atomic E-state index is -3.60. The van der Waals surface area contributed by atoms with Crippen LogP contribution < -0.4 is 25.0 Å². The maximum Gasteiger partial charge on any atom is 0.239 e. The zero-order valence-corrected chi connectivity index (χ0v) is 26.0. The molecule has 1 unspecified atom stereocenters. The highest BCUT2D eigenvalue weighted by Crippen LogP contribution is 2.36. The SMILES string of the molecule is COc1nc(N2CCCCC2N2CCOCC2)ccc1Nc1ncc(Cl)c(Nc2ccc3ncccc3c2NS(C)(=O)=O)n1. The molecule has 1 aromatic carbocycles. The monoisotopic (exact) mass is 639 g/mol. The minimum Gasteiger partial charge on any atom is -0.479 e. The summed E-state index contributed by atoms with van der Waals surface area (Å²) >= 11 is 6.48. The number of benzene rings is 1. The van der Waals surface area contributed by atoms with Crippen LogP contribution in [0.25, 0.3) is 10.9 Å². The molecule has 6 rings (SSSR count). The van der Waals surface area contributed by atoms with Crippen LogP contribution >= 0.6 is 11.6 Å². The summed E-state index contributed by atoms with van der Waals surface area (Å²) < 4.78 is 38.3. The van der Waals surface area contributed by atoms with Gasteiger partial charge >= 0.3 is 0 Å². The maximum absolute atomic E-state index is 12.2. The number of morpholine rings is 1. The highest BCUT2D eigenvalue weighted by molar-refractivity contribution is 7.92. The minimum absolute atomic E-state index is 0.242. The van der Waals surface area contributed by atoms with Crippen LogP contribution in [0.2, 0.25) is 5.02 Å². The summed E-state index contributed by atoms with van der Waals surface area (Å²) in [6.45, 7) is 4.22. The Kier molecular flexibility index (Phi) is 8.84. The van der Waals surface area contributed by atoms with E-state index in [9.17, 15) is 8.42 Å². The van der Waals surface area contributed by atoms with Gasteiger partial charge in [0.1, 0.15) is 16.5 Å². The fourth-order valence-corrected chi connectivity index (χ4v) is 6.32. The van der Waals surface area contributed by atoms with Gasteiger partial charge in [0, 0.05) is 31.2 Å². The number of fused-ring (bicyclic) bond motifs is 1. The number of halogens is 1. The van der Waals surface area contributed by atoms with E-state index in [1.165, 1.54) is 12.6 Å². The fourth-order valence-electron chi connectivity index (χ4n) is 5.59. The van der Waals surface area contributed by atoms with Crippen molar-refractivity contribution >= 4 is 67.2 Å². The van der Waals surface area contributed by atoms with Crippen molar-refractivity contribution in [3.63, 3.8) is 0 Å². The highest BCUT2D eigenvalue weighted by Gasteiger charge is 2.30. The van der Waals surface area contributed by atoms with E-state index in [2.05, 4.69) is 40.1 Å². The first-order valence-electron chi connectivity index (χ1n) is 14.3. The number of nitrogens with one attached hydrogen (secondary N) is 3. The molecule has 3 aromatic heterocycles. The van der Waals surface area contributed by atoms with Crippen molar-refractivity contribution < 1.29 is 17.9 Å². The lowest BCUT2D eigenvalue weighted by Crippen LogP contribution is -2.54. The number of pyridine rings is 2. The van der Waals surface area contributed by atoms with E-state index in [4.69, 9.17) is 26.1 Å². The van der Waals surface area contributed by atoms with Crippen molar-refractivity contribution in [2.24, 2.45) is 0 Å². The molecule has 2 saturated heterocycles. The van der Waals surface area contributed by atoms with Crippen molar-refractivity contribution in [1.82, 2.24) is 24.8 Å². The normalized spacial score (nSPS) is 17.8. The average molecular weight is 640 g/mol. The maximum atomic E-state index is 12.2. The number of anilines is 6. The van der Waals surface area contributed by atoms with Gasteiger partial charge in [-0.15, -0.1) is 0 Å². The van der Waals surface area contributed by atoms with Gasteiger partial charge in [-0.25, -0.2) is 13.4 Å². The Balaban J connectivity index is 1.26. The zero-order chi connectivity index (χ0) is 30.7. The van der Waals surface area contributed by atoms with Crippen molar-refractivity contribution in [3.8, 4) is 5.88 Å². The molecular formula is C29H34ClN9O4S. The Hall–Kier alpha value is -3.98. The van der Waals surface area contributed by atoms with Gasteiger partial charge in [-0.1, -0.05) is 11.6 Å². The van der Waals surface area contributed by atoms with Gasteiger partial charge < -0.3 is 25.0 Å². The first-order chi connectivity index (χ1) is 21.3. The topological polar surface area (TPSA) is 147 Å². The average Bonchev–Trinajstić information content (AvgIpc) is 3.03. The number of sulfonamides is 1. The van der Waals surface area contributed by atoms with E-state index in [1.54, 1.807) is 37.6 Å². The Morgan fingerprint density at radius 1 is 1.00 bits per heavy atom. The zero-order valence-electron chi connectivity index (χ0n) is 24.5. The number of rotatable bonds is 9. The number of hydrogen-bond donors (Lipinski definition) is 3. The first kappa shape index (κ1) is 30.1. The van der Waals surface area contributed by atoms with Gasteiger partial charge in [0.15, 0.2) is 5.82 Å². The second-order valence-electron chi connectivity index (χ2n) is 10.6. The van der Waals surface area contributed by atoms with E-state index >= 15 is 0 Å². The molecule has 13 nitrogen and oxygen atoms in total. The van der Waals surface area contributed by atoms with Crippen LogP contribution in [0.3, 0.4) is 0 Å². The van der Waals surface area contributed by atoms with E-state index in [-0.39, 0.29) is 23.0 Å². The lowest BCUT2D eigenvalue weighted by molar-refractivity contribution is 0.0106. The van der Waals surface area contributed by atoms with Gasteiger partial charge in [0.25, 0.3) is 0 Å². The summed E-state index contributed by atoms with van der Waals surface area (Å²) in [5, 5.41) is 7.20. The van der Waals surface area contributed by atoms with Gasteiger partial charge in [-0.05, 0) is 55.7 Å². The number of ether oxygens (including phenoxy) is 2. The van der Waals surface area contributed by atoms with Crippen LogP contribution in [0.5, 0.6) is 5.88 Å². The standard InChI is InChI=1S/C29H34ClN9O4S/c1-42-28-23(10-11-24(35-28)39-13-4-3-7-25(39)38-14-16-43-17-15-38)34-29-32-18-20(30)27(36-29)33-22-9-8-21-19(6-5-12-31-21)26(22)37-44(2,40)41/h5-6,8-12,18,25,37H,3-4,7,13-17H2,1-2H3,(H2,32,33,34,36). The summed E-state index contributed by atoms with van der Waals surface area (Å²) in [6.07, 6.45) is 7.82. The predicted octanol–water partition coefficient (Wildman–Crippen LogP) is 4.59. The molecule has 4 aromatic rings. The van der Waals surface area contributed by atoms with Crippen molar-refractivity contribution in [1.29, 1.82) is 0 Å². The Bertz CT molecular complexity index is 1750. The summed E-state index contributed by atoms with van der Waals surface area (Å²) in [4.78, 5) is 22.9. The largest absolute Gasteiger partial charge is 0.479 e. The van der Waals surface area contributed by atoms with Gasteiger partial charge in [-0.2, -0.15) is 9.97 Å². The second-order valence-corrected chi connectivity index (χ2v) is 12.8. The molecule has 0 spiro atoms. The Labute approximate surface area is 261 Å². The molecule has 3 N–H and O–H groups in total. The smallest absolute Gasteiger partial charge is 0.239 e. The van der Waals surface area contributed by atoms with Crippen molar-refractivity contribution in [3.05, 3.63) is 53.8 Å². The summed E-state index contributed by atoms with van der Waals surface area (Å²) in [5.74, 6) is 1.77. The van der Waals surface area contributed by atoms with E-state index in [0.717, 1.165) is 57.8 Å². The van der Waals surface area contributed by atoms with Crippen molar-refractivity contribution in [2.75, 3.05) is 66.5 Å². The lowest BCUT2D eigenvalue weighted by Gasteiger charge is -2.44. The third-order valence-electron chi connectivity index (χ3n) is 7.59. The molecule has 232 valence electrons. The number of nitrogens with zero attached hydrogens (tertiary/aromatic N) is 6. The third-order valence-corrected chi connectivity index (χ3v) is 8.44. The molecule has 5 heterocycles. The molecule has 0 bridgehead atoms. The number of piperidine rings is 1. The summed E-state index contributed by atoms with van der Waals surface area (Å²) in [6, 6.07) is 10.9. The van der Waals surface area contributed by atoms with Gasteiger partial charge in [0.05, 0.1) is 55.8 Å². The molecule has 15 heteroatoms. The Morgan fingerprint density at radius 3 is 2.61 bits per heavy atom. The van der Waals surface area contributed by atoms with Crippen LogP contribution in [0.15, 0.2) is 48.8 Å².